The zero-order valence-electron chi connectivity index (χ0n) is 14.6. The lowest BCUT2D eigenvalue weighted by Crippen LogP contribution is -2.19. The third kappa shape index (κ3) is 2.99. The molecule has 0 unspecified atom stereocenters. The van der Waals surface area contributed by atoms with E-state index in [9.17, 15) is 18.4 Å². The summed E-state index contributed by atoms with van der Waals surface area (Å²) in [5.74, 6) is -0.316. The lowest BCUT2D eigenvalue weighted by molar-refractivity contribution is -0.274. The second-order valence-electron chi connectivity index (χ2n) is 6.12. The zero-order valence-corrected chi connectivity index (χ0v) is 14.6. The Morgan fingerprint density at radius 2 is 1.54 bits per heavy atom. The molecule has 28 heavy (non-hydrogen) atoms. The Labute approximate surface area is 158 Å². The van der Waals surface area contributed by atoms with Crippen LogP contribution in [0, 0.1) is 11.3 Å². The Bertz CT molecular complexity index is 1220. The van der Waals surface area contributed by atoms with Crippen LogP contribution in [0.4, 0.5) is 24.5 Å². The second-order valence-corrected chi connectivity index (χ2v) is 6.12. The number of nitrogens with zero attached hydrogens (tertiary/aromatic N) is 2. The Kier molecular flexibility index (Phi) is 4.12. The number of rotatable bonds is 3. The van der Waals surface area contributed by atoms with Gasteiger partial charge in [-0.3, -0.25) is 0 Å². The van der Waals surface area contributed by atoms with Gasteiger partial charge < -0.3 is 14.1 Å². The van der Waals surface area contributed by atoms with Crippen LogP contribution in [-0.4, -0.2) is 13.4 Å². The molecule has 4 rings (SSSR count). The molecule has 0 aliphatic carbocycles. The van der Waals surface area contributed by atoms with Crippen LogP contribution in [0.15, 0.2) is 65.1 Å². The van der Waals surface area contributed by atoms with Crippen LogP contribution in [0.1, 0.15) is 5.56 Å². The summed E-state index contributed by atoms with van der Waals surface area (Å²) in [5, 5.41) is 10.9. The molecule has 0 bridgehead atoms. The molecular weight excluding hydrogens is 369 g/mol. The predicted octanol–water partition coefficient (Wildman–Crippen LogP) is 6.12. The largest absolute Gasteiger partial charge is 0.573 e. The van der Waals surface area contributed by atoms with Crippen molar-refractivity contribution in [2.24, 2.45) is 0 Å². The molecule has 0 amide bonds. The van der Waals surface area contributed by atoms with Crippen molar-refractivity contribution in [3.63, 3.8) is 0 Å². The first kappa shape index (κ1) is 17.7. The highest BCUT2D eigenvalue weighted by Crippen LogP contribution is 2.41. The molecule has 140 valence electrons. The molecule has 0 saturated carbocycles. The summed E-state index contributed by atoms with van der Waals surface area (Å²) in [7, 11) is 1.63. The Hall–Kier alpha value is -3.66. The number of anilines is 2. The van der Waals surface area contributed by atoms with Crippen LogP contribution in [0.25, 0.3) is 21.9 Å². The average molecular weight is 382 g/mol. The maximum Gasteiger partial charge on any atom is 0.573 e. The van der Waals surface area contributed by atoms with E-state index in [2.05, 4.69) is 10.8 Å². The van der Waals surface area contributed by atoms with Crippen LogP contribution in [0.5, 0.6) is 5.75 Å². The van der Waals surface area contributed by atoms with E-state index in [1.165, 1.54) is 18.2 Å². The van der Waals surface area contributed by atoms with Crippen molar-refractivity contribution >= 4 is 33.3 Å². The summed E-state index contributed by atoms with van der Waals surface area (Å²) < 4.78 is 48.4. The summed E-state index contributed by atoms with van der Waals surface area (Å²) in [6.45, 7) is 0. The lowest BCUT2D eigenvalue weighted by Gasteiger charge is -2.23. The molecule has 7 heteroatoms. The van der Waals surface area contributed by atoms with Gasteiger partial charge in [-0.25, -0.2) is 0 Å². The number of benzene rings is 3. The van der Waals surface area contributed by atoms with Crippen molar-refractivity contribution in [3.05, 3.63) is 66.2 Å². The van der Waals surface area contributed by atoms with E-state index in [1.54, 1.807) is 42.3 Å². The number of hydrogen-bond donors (Lipinski definition) is 0. The van der Waals surface area contributed by atoms with Gasteiger partial charge in [-0.15, -0.1) is 13.2 Å². The zero-order chi connectivity index (χ0) is 19.9. The first-order valence-electron chi connectivity index (χ1n) is 8.32. The van der Waals surface area contributed by atoms with Gasteiger partial charge in [0.25, 0.3) is 0 Å². The molecule has 1 aromatic heterocycles. The monoisotopic (exact) mass is 382 g/mol. The molecule has 0 aliphatic heterocycles. The summed E-state index contributed by atoms with van der Waals surface area (Å²) in [5.41, 5.74) is 2.09. The molecular formula is C21H13F3N2O2. The van der Waals surface area contributed by atoms with Crippen molar-refractivity contribution in [2.75, 3.05) is 11.9 Å². The van der Waals surface area contributed by atoms with Gasteiger partial charge in [0.05, 0.1) is 16.9 Å². The summed E-state index contributed by atoms with van der Waals surface area (Å²) in [4.78, 5) is 1.57. The summed E-state index contributed by atoms with van der Waals surface area (Å²) in [6.07, 6.45) is -4.80. The molecule has 0 aliphatic rings. The highest BCUT2D eigenvalue weighted by molar-refractivity contribution is 6.10. The highest BCUT2D eigenvalue weighted by atomic mass is 19.4. The SMILES string of the molecule is CN(c1ccccc1OC(F)(F)F)c1cccc2c1oc1c(C#N)cccc12. The molecule has 0 N–H and O–H groups in total. The van der Waals surface area contributed by atoms with Crippen molar-refractivity contribution in [1.29, 1.82) is 5.26 Å². The molecule has 0 radical (unpaired) electrons. The van der Waals surface area contributed by atoms with E-state index in [-0.39, 0.29) is 11.4 Å². The number of halogens is 3. The third-order valence-electron chi connectivity index (χ3n) is 4.44. The quantitative estimate of drug-likeness (QED) is 0.428. The van der Waals surface area contributed by atoms with E-state index in [0.29, 0.717) is 22.4 Å². The summed E-state index contributed by atoms with van der Waals surface area (Å²) in [6, 6.07) is 18.6. The number of hydrogen-bond acceptors (Lipinski definition) is 4. The van der Waals surface area contributed by atoms with Crippen LogP contribution in [0.2, 0.25) is 0 Å². The minimum Gasteiger partial charge on any atom is -0.452 e. The number of para-hydroxylation sites is 4. The van der Waals surface area contributed by atoms with Gasteiger partial charge in [0.1, 0.15) is 6.07 Å². The van der Waals surface area contributed by atoms with Gasteiger partial charge in [-0.2, -0.15) is 5.26 Å². The second kappa shape index (κ2) is 6.50. The first-order chi connectivity index (χ1) is 13.4. The standard InChI is InChI=1S/C21H13F3N2O2/c1-26(16-9-2-3-11-18(16)28-21(22,23)24)17-10-5-8-15-14-7-4-6-13(12-25)19(14)27-20(15)17/h2-11H,1H3. The van der Waals surface area contributed by atoms with E-state index in [4.69, 9.17) is 4.42 Å². The molecule has 1 heterocycles. The Morgan fingerprint density at radius 3 is 2.25 bits per heavy atom. The first-order valence-corrected chi connectivity index (χ1v) is 8.32. The van der Waals surface area contributed by atoms with Crippen LogP contribution in [-0.2, 0) is 0 Å². The maximum atomic E-state index is 12.8. The maximum absolute atomic E-state index is 12.8. The van der Waals surface area contributed by atoms with Crippen LogP contribution in [0.3, 0.4) is 0 Å². The number of nitriles is 1. The fourth-order valence-electron chi connectivity index (χ4n) is 3.23. The highest BCUT2D eigenvalue weighted by Gasteiger charge is 2.32. The van der Waals surface area contributed by atoms with Gasteiger partial charge in [-0.05, 0) is 24.3 Å². The van der Waals surface area contributed by atoms with Gasteiger partial charge in [-0.1, -0.05) is 36.4 Å². The Balaban J connectivity index is 1.90. The van der Waals surface area contributed by atoms with Gasteiger partial charge >= 0.3 is 6.36 Å². The Morgan fingerprint density at radius 1 is 0.893 bits per heavy atom. The average Bonchev–Trinajstić information content (AvgIpc) is 3.05. The number of ether oxygens (including phenoxy) is 1. The lowest BCUT2D eigenvalue weighted by atomic mass is 10.1. The van der Waals surface area contributed by atoms with Crippen molar-refractivity contribution in [3.8, 4) is 11.8 Å². The van der Waals surface area contributed by atoms with E-state index in [0.717, 1.165) is 10.8 Å². The molecule has 0 saturated heterocycles. The number of furan rings is 1. The molecule has 4 nitrogen and oxygen atoms in total. The van der Waals surface area contributed by atoms with E-state index >= 15 is 0 Å². The summed E-state index contributed by atoms with van der Waals surface area (Å²) >= 11 is 0. The number of alkyl halides is 3. The molecule has 4 aromatic rings. The van der Waals surface area contributed by atoms with Crippen LogP contribution >= 0.6 is 0 Å². The van der Waals surface area contributed by atoms with Gasteiger partial charge in [0, 0.05) is 17.8 Å². The van der Waals surface area contributed by atoms with Gasteiger partial charge in [0.2, 0.25) is 0 Å². The fraction of sp³-hybridized carbons (Fsp3) is 0.0952. The number of fused-ring (bicyclic) bond motifs is 3. The third-order valence-corrected chi connectivity index (χ3v) is 4.44. The van der Waals surface area contributed by atoms with Crippen molar-refractivity contribution in [1.82, 2.24) is 0 Å². The minimum atomic E-state index is -4.80. The topological polar surface area (TPSA) is 49.4 Å². The molecule has 3 aromatic carbocycles. The molecule has 0 atom stereocenters. The minimum absolute atomic E-state index is 0.230. The smallest absolute Gasteiger partial charge is 0.452 e. The molecule has 0 spiro atoms. The van der Waals surface area contributed by atoms with Crippen molar-refractivity contribution < 1.29 is 22.3 Å². The van der Waals surface area contributed by atoms with E-state index < -0.39 is 6.36 Å². The fourth-order valence-corrected chi connectivity index (χ4v) is 3.23. The molecule has 0 fully saturated rings. The van der Waals surface area contributed by atoms with Crippen LogP contribution < -0.4 is 9.64 Å². The predicted molar refractivity (Wildman–Crippen MR) is 99.6 cm³/mol. The normalized spacial score (nSPS) is 11.5. The van der Waals surface area contributed by atoms with Gasteiger partial charge in [0.15, 0.2) is 16.9 Å². The van der Waals surface area contributed by atoms with Crippen molar-refractivity contribution in [2.45, 2.75) is 6.36 Å². The van der Waals surface area contributed by atoms with E-state index in [1.807, 2.05) is 12.1 Å².